The molecule has 0 saturated carbocycles. The van der Waals surface area contributed by atoms with Crippen molar-refractivity contribution < 1.29 is 19.1 Å². The van der Waals surface area contributed by atoms with E-state index in [4.69, 9.17) is 10.2 Å². The van der Waals surface area contributed by atoms with E-state index in [1.54, 1.807) is 35.4 Å². The van der Waals surface area contributed by atoms with E-state index in [1.807, 2.05) is 12.1 Å². The second kappa shape index (κ2) is 8.70. The molecule has 0 unspecified atom stereocenters. The van der Waals surface area contributed by atoms with Crippen molar-refractivity contribution in [3.05, 3.63) is 54.0 Å². The summed E-state index contributed by atoms with van der Waals surface area (Å²) >= 11 is 0. The van der Waals surface area contributed by atoms with E-state index in [9.17, 15) is 14.7 Å². The number of amides is 3. The summed E-state index contributed by atoms with van der Waals surface area (Å²) in [5.74, 6) is 0.319. The fourth-order valence-electron chi connectivity index (χ4n) is 3.26. The van der Waals surface area contributed by atoms with Crippen LogP contribution in [-0.2, 0) is 6.54 Å². The van der Waals surface area contributed by atoms with Crippen LogP contribution in [0.15, 0.2) is 47.1 Å². The van der Waals surface area contributed by atoms with Gasteiger partial charge in [-0.1, -0.05) is 6.07 Å². The van der Waals surface area contributed by atoms with Gasteiger partial charge in [-0.25, -0.2) is 4.79 Å². The Balaban J connectivity index is 1.62. The molecule has 8 nitrogen and oxygen atoms in total. The molecule has 4 N–H and O–H groups in total. The number of hydrogen-bond donors (Lipinski definition) is 3. The van der Waals surface area contributed by atoms with Crippen LogP contribution in [0.2, 0.25) is 0 Å². The maximum absolute atomic E-state index is 12.6. The Labute approximate surface area is 157 Å². The van der Waals surface area contributed by atoms with Crippen molar-refractivity contribution in [2.75, 3.05) is 31.6 Å². The summed E-state index contributed by atoms with van der Waals surface area (Å²) < 4.78 is 5.41. The van der Waals surface area contributed by atoms with E-state index in [0.29, 0.717) is 43.9 Å². The van der Waals surface area contributed by atoms with Gasteiger partial charge >= 0.3 is 6.03 Å². The molecule has 3 amide bonds. The van der Waals surface area contributed by atoms with Gasteiger partial charge in [0.1, 0.15) is 5.76 Å². The van der Waals surface area contributed by atoms with E-state index in [1.165, 1.54) is 0 Å². The van der Waals surface area contributed by atoms with Gasteiger partial charge in [-0.15, -0.1) is 0 Å². The molecule has 2 heterocycles. The predicted molar refractivity (Wildman–Crippen MR) is 100 cm³/mol. The van der Waals surface area contributed by atoms with Gasteiger partial charge in [0.25, 0.3) is 0 Å². The lowest BCUT2D eigenvalue weighted by Gasteiger charge is -2.41. The third-order valence-electron chi connectivity index (χ3n) is 4.69. The fraction of sp³-hybridized carbons (Fsp3) is 0.368. The highest BCUT2D eigenvalue weighted by molar-refractivity contribution is 5.95. The predicted octanol–water partition coefficient (Wildman–Crippen LogP) is 1.48. The number of aliphatic hydroxyl groups excluding tert-OH is 1. The van der Waals surface area contributed by atoms with Gasteiger partial charge in [-0.05, 0) is 36.8 Å². The summed E-state index contributed by atoms with van der Waals surface area (Å²) in [4.78, 5) is 27.8. The molecule has 0 aliphatic carbocycles. The highest BCUT2D eigenvalue weighted by Gasteiger charge is 2.29. The largest absolute Gasteiger partial charge is 0.468 e. The molecule has 27 heavy (non-hydrogen) atoms. The number of furan rings is 1. The number of benzene rings is 1. The second-order valence-corrected chi connectivity index (χ2v) is 6.54. The van der Waals surface area contributed by atoms with Crippen molar-refractivity contribution in [3.63, 3.8) is 0 Å². The van der Waals surface area contributed by atoms with Crippen molar-refractivity contribution in [1.82, 2.24) is 9.80 Å². The molecule has 1 aliphatic heterocycles. The van der Waals surface area contributed by atoms with E-state index in [0.717, 1.165) is 5.76 Å². The topological polar surface area (TPSA) is 112 Å². The SMILES string of the molecule is NC(=O)c1cccc(NC(=O)N2CCN(Cc3ccco3)[C@H](CCO)C2)c1. The molecule has 1 atom stereocenters. The lowest BCUT2D eigenvalue weighted by atomic mass is 10.1. The summed E-state index contributed by atoms with van der Waals surface area (Å²) in [7, 11) is 0. The van der Waals surface area contributed by atoms with Crippen LogP contribution in [0.25, 0.3) is 0 Å². The molecular weight excluding hydrogens is 348 g/mol. The molecule has 1 aromatic heterocycles. The van der Waals surface area contributed by atoms with Crippen LogP contribution in [0.5, 0.6) is 0 Å². The summed E-state index contributed by atoms with van der Waals surface area (Å²) in [5, 5.41) is 12.2. The number of anilines is 1. The fourth-order valence-corrected chi connectivity index (χ4v) is 3.26. The number of primary amides is 1. The Morgan fingerprint density at radius 3 is 2.81 bits per heavy atom. The van der Waals surface area contributed by atoms with Crippen LogP contribution < -0.4 is 11.1 Å². The number of carbonyl (C=O) groups is 2. The number of rotatable bonds is 6. The number of piperazine rings is 1. The Kier molecular flexibility index (Phi) is 6.10. The minimum Gasteiger partial charge on any atom is -0.468 e. The number of aliphatic hydroxyl groups is 1. The second-order valence-electron chi connectivity index (χ2n) is 6.54. The molecule has 144 valence electrons. The van der Waals surface area contributed by atoms with E-state index < -0.39 is 5.91 Å². The first kappa shape index (κ1) is 18.9. The van der Waals surface area contributed by atoms with Crippen LogP contribution in [0, 0.1) is 0 Å². The van der Waals surface area contributed by atoms with Crippen molar-refractivity contribution >= 4 is 17.6 Å². The quantitative estimate of drug-likeness (QED) is 0.711. The van der Waals surface area contributed by atoms with E-state index in [2.05, 4.69) is 10.2 Å². The average molecular weight is 372 g/mol. The number of nitrogens with one attached hydrogen (secondary N) is 1. The number of nitrogens with two attached hydrogens (primary N) is 1. The molecule has 8 heteroatoms. The maximum atomic E-state index is 12.6. The first-order valence-electron chi connectivity index (χ1n) is 8.90. The summed E-state index contributed by atoms with van der Waals surface area (Å²) in [6, 6.07) is 10.1. The van der Waals surface area contributed by atoms with Crippen LogP contribution in [0.3, 0.4) is 0 Å². The van der Waals surface area contributed by atoms with Gasteiger partial charge in [0, 0.05) is 43.5 Å². The molecule has 1 aromatic carbocycles. The van der Waals surface area contributed by atoms with Crippen LogP contribution >= 0.6 is 0 Å². The third kappa shape index (κ3) is 4.87. The molecule has 1 saturated heterocycles. The molecule has 0 spiro atoms. The van der Waals surface area contributed by atoms with Gasteiger partial charge < -0.3 is 25.5 Å². The standard InChI is InChI=1S/C19H24N4O4/c20-18(25)14-3-1-4-15(11-14)21-19(26)23-8-7-22(16(12-23)6-9-24)13-17-5-2-10-27-17/h1-5,10-11,16,24H,6-9,12-13H2,(H2,20,25)(H,21,26)/t16-/m1/s1. The smallest absolute Gasteiger partial charge is 0.321 e. The molecule has 0 bridgehead atoms. The lowest BCUT2D eigenvalue weighted by Crippen LogP contribution is -2.55. The molecule has 3 rings (SSSR count). The molecule has 1 fully saturated rings. The normalized spacial score (nSPS) is 17.7. The Hall–Kier alpha value is -2.84. The lowest BCUT2D eigenvalue weighted by molar-refractivity contribution is 0.0669. The van der Waals surface area contributed by atoms with Gasteiger partial charge in [-0.3, -0.25) is 9.69 Å². The number of carbonyl (C=O) groups excluding carboxylic acids is 2. The highest BCUT2D eigenvalue weighted by atomic mass is 16.3. The first-order valence-corrected chi connectivity index (χ1v) is 8.90. The van der Waals surface area contributed by atoms with E-state index >= 15 is 0 Å². The van der Waals surface area contributed by atoms with Gasteiger partial charge in [0.05, 0.1) is 12.8 Å². The Morgan fingerprint density at radius 2 is 2.11 bits per heavy atom. The number of hydrogen-bond acceptors (Lipinski definition) is 5. The van der Waals surface area contributed by atoms with E-state index in [-0.39, 0.29) is 18.7 Å². The van der Waals surface area contributed by atoms with Crippen molar-refractivity contribution in [2.45, 2.75) is 19.0 Å². The minimum absolute atomic E-state index is 0.0385. The summed E-state index contributed by atoms with van der Waals surface area (Å²) in [6.07, 6.45) is 2.21. The maximum Gasteiger partial charge on any atom is 0.321 e. The summed E-state index contributed by atoms with van der Waals surface area (Å²) in [5.41, 5.74) is 6.14. The van der Waals surface area contributed by atoms with Crippen molar-refractivity contribution in [1.29, 1.82) is 0 Å². The summed E-state index contributed by atoms with van der Waals surface area (Å²) in [6.45, 7) is 2.44. The van der Waals surface area contributed by atoms with Crippen LogP contribution in [0.1, 0.15) is 22.5 Å². The Morgan fingerprint density at radius 1 is 1.26 bits per heavy atom. The monoisotopic (exact) mass is 372 g/mol. The highest BCUT2D eigenvalue weighted by Crippen LogP contribution is 2.18. The van der Waals surface area contributed by atoms with Crippen molar-refractivity contribution in [2.24, 2.45) is 5.73 Å². The van der Waals surface area contributed by atoms with Gasteiger partial charge in [-0.2, -0.15) is 0 Å². The van der Waals surface area contributed by atoms with Crippen LogP contribution in [-0.4, -0.2) is 59.1 Å². The number of nitrogens with zero attached hydrogens (tertiary/aromatic N) is 2. The first-order chi connectivity index (χ1) is 13.1. The van der Waals surface area contributed by atoms with Gasteiger partial charge in [0.2, 0.25) is 5.91 Å². The zero-order valence-electron chi connectivity index (χ0n) is 15.0. The van der Waals surface area contributed by atoms with Gasteiger partial charge in [0.15, 0.2) is 0 Å². The molecule has 1 aliphatic rings. The number of urea groups is 1. The Bertz CT molecular complexity index is 778. The zero-order valence-corrected chi connectivity index (χ0v) is 15.0. The van der Waals surface area contributed by atoms with Crippen LogP contribution in [0.4, 0.5) is 10.5 Å². The third-order valence-corrected chi connectivity index (χ3v) is 4.69. The van der Waals surface area contributed by atoms with Crippen molar-refractivity contribution in [3.8, 4) is 0 Å². The molecular formula is C19H24N4O4. The zero-order chi connectivity index (χ0) is 19.2. The molecule has 0 radical (unpaired) electrons. The average Bonchev–Trinajstić information content (AvgIpc) is 3.16. The minimum atomic E-state index is -0.541. The molecule has 2 aromatic rings.